The van der Waals surface area contributed by atoms with E-state index in [1.54, 1.807) is 11.1 Å². The minimum Gasteiger partial charge on any atom is -0.152 e. The number of hydrogen-bond acceptors (Lipinski definition) is 1. The molecular weight excluding hydrogens is 356 g/mol. The molecule has 1 heterocycles. The van der Waals surface area contributed by atoms with Crippen LogP contribution in [0.3, 0.4) is 0 Å². The molecule has 0 radical (unpaired) electrons. The largest absolute Gasteiger partial charge is 0.152 e. The van der Waals surface area contributed by atoms with Crippen molar-refractivity contribution < 1.29 is 0 Å². The van der Waals surface area contributed by atoms with E-state index in [2.05, 4.69) is 24.6 Å². The van der Waals surface area contributed by atoms with E-state index >= 15 is 0 Å². The fraction of sp³-hybridized carbons (Fsp3) is 0.852. The molecule has 1 rings (SSSR count). The molecule has 0 aliphatic carbocycles. The van der Waals surface area contributed by atoms with Gasteiger partial charge in [0.05, 0.1) is 0 Å². The van der Waals surface area contributed by atoms with Gasteiger partial charge in [-0.2, -0.15) is 11.3 Å². The van der Waals surface area contributed by atoms with E-state index in [1.165, 1.54) is 135 Å². The molecule has 0 saturated heterocycles. The maximum absolute atomic E-state index is 2.43. The Balaban J connectivity index is 1.92. The van der Waals surface area contributed by atoms with E-state index in [0.29, 0.717) is 0 Å². The van der Waals surface area contributed by atoms with Crippen molar-refractivity contribution in [1.29, 1.82) is 0 Å². The number of thiophene rings is 1. The number of hydrogen-bond donors (Lipinski definition) is 0. The summed E-state index contributed by atoms with van der Waals surface area (Å²) in [7, 11) is 0. The fourth-order valence-electron chi connectivity index (χ4n) is 4.22. The van der Waals surface area contributed by atoms with Crippen molar-refractivity contribution in [3.63, 3.8) is 0 Å². The highest BCUT2D eigenvalue weighted by Gasteiger charge is 2.04. The van der Waals surface area contributed by atoms with Crippen LogP contribution in [-0.4, -0.2) is 0 Å². The molecule has 0 atom stereocenters. The van der Waals surface area contributed by atoms with Crippen molar-refractivity contribution in [2.45, 2.75) is 149 Å². The highest BCUT2D eigenvalue weighted by atomic mass is 32.1. The van der Waals surface area contributed by atoms with Crippen molar-refractivity contribution in [2.24, 2.45) is 0 Å². The van der Waals surface area contributed by atoms with Gasteiger partial charge >= 0.3 is 0 Å². The molecule has 28 heavy (non-hydrogen) atoms. The maximum Gasteiger partial charge on any atom is -0.00584 e. The van der Waals surface area contributed by atoms with Crippen LogP contribution in [0.2, 0.25) is 0 Å². The van der Waals surface area contributed by atoms with E-state index in [4.69, 9.17) is 0 Å². The summed E-state index contributed by atoms with van der Waals surface area (Å²) in [5, 5.41) is 4.85. The molecule has 0 N–H and O–H groups in total. The standard InChI is InChI=1S/C27H50S/c1-3-5-7-9-11-12-13-14-15-17-19-21-23-27-25-28-24-26(27)22-20-18-16-10-8-6-4-2/h24-25H,3-23H2,1-2H3. The zero-order valence-electron chi connectivity index (χ0n) is 19.4. The van der Waals surface area contributed by atoms with Crippen LogP contribution in [0, 0.1) is 0 Å². The van der Waals surface area contributed by atoms with Gasteiger partial charge in [-0.1, -0.05) is 123 Å². The topological polar surface area (TPSA) is 0 Å². The van der Waals surface area contributed by atoms with Crippen LogP contribution in [0.15, 0.2) is 10.8 Å². The Hall–Kier alpha value is -0.300. The summed E-state index contributed by atoms with van der Waals surface area (Å²) in [6, 6.07) is 0. The van der Waals surface area contributed by atoms with Crippen LogP contribution in [0.4, 0.5) is 0 Å². The highest BCUT2D eigenvalue weighted by Crippen LogP contribution is 2.21. The molecule has 0 aromatic carbocycles. The van der Waals surface area contributed by atoms with Crippen LogP contribution in [0.25, 0.3) is 0 Å². The third-order valence-corrected chi connectivity index (χ3v) is 7.02. The average Bonchev–Trinajstić information content (AvgIpc) is 3.15. The van der Waals surface area contributed by atoms with Gasteiger partial charge in [0, 0.05) is 0 Å². The second-order valence-corrected chi connectivity index (χ2v) is 9.68. The SMILES string of the molecule is CCCCCCCCCCCCCCc1cscc1CCCCCCCCC. The molecule has 0 amide bonds. The fourth-order valence-corrected chi connectivity index (χ4v) is 5.15. The third-order valence-electron chi connectivity index (χ3n) is 6.18. The lowest BCUT2D eigenvalue weighted by atomic mass is 10.00. The van der Waals surface area contributed by atoms with Crippen LogP contribution in [0.5, 0.6) is 0 Å². The highest BCUT2D eigenvalue weighted by molar-refractivity contribution is 7.08. The van der Waals surface area contributed by atoms with Gasteiger partial charge < -0.3 is 0 Å². The predicted molar refractivity (Wildman–Crippen MR) is 131 cm³/mol. The second-order valence-electron chi connectivity index (χ2n) is 8.93. The average molecular weight is 407 g/mol. The molecule has 1 heteroatoms. The van der Waals surface area contributed by atoms with E-state index in [-0.39, 0.29) is 0 Å². The lowest BCUT2D eigenvalue weighted by Crippen LogP contribution is -1.92. The van der Waals surface area contributed by atoms with Gasteiger partial charge in [-0.3, -0.25) is 0 Å². The normalized spacial score (nSPS) is 11.4. The summed E-state index contributed by atoms with van der Waals surface area (Å²) in [6.07, 6.45) is 30.0. The summed E-state index contributed by atoms with van der Waals surface area (Å²) in [6.45, 7) is 4.60. The number of rotatable bonds is 21. The Morgan fingerprint density at radius 2 is 0.714 bits per heavy atom. The van der Waals surface area contributed by atoms with Crippen molar-refractivity contribution in [1.82, 2.24) is 0 Å². The van der Waals surface area contributed by atoms with Gasteiger partial charge in [0.15, 0.2) is 0 Å². The van der Waals surface area contributed by atoms with Crippen molar-refractivity contribution in [3.05, 3.63) is 21.9 Å². The molecule has 0 saturated carbocycles. The molecule has 0 aliphatic rings. The first-order chi connectivity index (χ1) is 13.9. The zero-order chi connectivity index (χ0) is 20.1. The third kappa shape index (κ3) is 14.7. The number of unbranched alkanes of at least 4 members (excludes halogenated alkanes) is 17. The molecule has 1 aromatic heterocycles. The predicted octanol–water partition coefficient (Wildman–Crippen LogP) is 10.3. The molecule has 0 bridgehead atoms. The van der Waals surface area contributed by atoms with Crippen LogP contribution in [0.1, 0.15) is 147 Å². The lowest BCUT2D eigenvalue weighted by molar-refractivity contribution is 0.543. The summed E-state index contributed by atoms with van der Waals surface area (Å²) in [4.78, 5) is 0. The molecule has 0 spiro atoms. The van der Waals surface area contributed by atoms with Crippen LogP contribution >= 0.6 is 11.3 Å². The minimum atomic E-state index is 1.32. The van der Waals surface area contributed by atoms with Gasteiger partial charge in [-0.05, 0) is 47.6 Å². The molecular formula is C27H50S. The van der Waals surface area contributed by atoms with Crippen molar-refractivity contribution in [2.75, 3.05) is 0 Å². The molecule has 1 aromatic rings. The Labute approximate surface area is 181 Å². The second kappa shape index (κ2) is 20.0. The first kappa shape index (κ1) is 25.7. The first-order valence-corrected chi connectivity index (χ1v) is 13.9. The Morgan fingerprint density at radius 1 is 0.429 bits per heavy atom. The number of aryl methyl sites for hydroxylation is 2. The molecule has 0 fully saturated rings. The van der Waals surface area contributed by atoms with Crippen LogP contribution < -0.4 is 0 Å². The lowest BCUT2D eigenvalue weighted by Gasteiger charge is -2.06. The summed E-state index contributed by atoms with van der Waals surface area (Å²) < 4.78 is 0. The van der Waals surface area contributed by atoms with Gasteiger partial charge in [0.25, 0.3) is 0 Å². The summed E-state index contributed by atoms with van der Waals surface area (Å²) in [5.41, 5.74) is 3.34. The molecule has 0 nitrogen and oxygen atoms in total. The quantitative estimate of drug-likeness (QED) is 0.178. The van der Waals surface area contributed by atoms with Crippen LogP contribution in [-0.2, 0) is 12.8 Å². The van der Waals surface area contributed by atoms with Crippen molar-refractivity contribution in [3.8, 4) is 0 Å². The van der Waals surface area contributed by atoms with Gasteiger partial charge in [-0.25, -0.2) is 0 Å². The minimum absolute atomic E-state index is 1.32. The van der Waals surface area contributed by atoms with E-state index in [9.17, 15) is 0 Å². The Bertz CT molecular complexity index is 420. The zero-order valence-corrected chi connectivity index (χ0v) is 20.2. The van der Waals surface area contributed by atoms with Gasteiger partial charge in [0.2, 0.25) is 0 Å². The molecule has 164 valence electrons. The smallest absolute Gasteiger partial charge is 0.00584 e. The van der Waals surface area contributed by atoms with Gasteiger partial charge in [-0.15, -0.1) is 0 Å². The summed E-state index contributed by atoms with van der Waals surface area (Å²) in [5.74, 6) is 0. The Morgan fingerprint density at radius 3 is 1.04 bits per heavy atom. The monoisotopic (exact) mass is 406 g/mol. The first-order valence-electron chi connectivity index (χ1n) is 12.9. The van der Waals surface area contributed by atoms with Crippen molar-refractivity contribution >= 4 is 11.3 Å². The summed E-state index contributed by atoms with van der Waals surface area (Å²) >= 11 is 1.93. The van der Waals surface area contributed by atoms with Gasteiger partial charge in [0.1, 0.15) is 0 Å². The molecule has 0 aliphatic heterocycles. The van der Waals surface area contributed by atoms with E-state index < -0.39 is 0 Å². The maximum atomic E-state index is 2.43. The Kier molecular flexibility index (Phi) is 18.4. The van der Waals surface area contributed by atoms with E-state index in [1.807, 2.05) is 11.3 Å². The molecule has 0 unspecified atom stereocenters. The van der Waals surface area contributed by atoms with E-state index in [0.717, 1.165) is 0 Å².